The van der Waals surface area contributed by atoms with E-state index in [9.17, 15) is 4.79 Å². The summed E-state index contributed by atoms with van der Waals surface area (Å²) in [6.07, 6.45) is 5.98. The van der Waals surface area contributed by atoms with Crippen LogP contribution in [0.4, 0.5) is 11.5 Å². The maximum Gasteiger partial charge on any atom is 0.255 e. The van der Waals surface area contributed by atoms with Crippen molar-refractivity contribution in [1.82, 2.24) is 14.9 Å². The Kier molecular flexibility index (Phi) is 6.79. The topological polar surface area (TPSA) is 67.3 Å². The number of pyridine rings is 2. The number of nitrogens with one attached hydrogen (secondary N) is 1. The minimum atomic E-state index is -0.0540. The van der Waals surface area contributed by atoms with Gasteiger partial charge in [-0.3, -0.25) is 9.78 Å². The number of carbonyl (C=O) groups is 1. The van der Waals surface area contributed by atoms with E-state index in [0.717, 1.165) is 23.4 Å². The smallest absolute Gasteiger partial charge is 0.255 e. The number of anilines is 2. The highest BCUT2D eigenvalue weighted by molar-refractivity contribution is 5.94. The third-order valence-electron chi connectivity index (χ3n) is 4.35. The van der Waals surface area contributed by atoms with Crippen molar-refractivity contribution >= 4 is 17.4 Å². The highest BCUT2D eigenvalue weighted by Crippen LogP contribution is 2.27. The van der Waals surface area contributed by atoms with Gasteiger partial charge < -0.3 is 15.0 Å². The molecule has 6 nitrogen and oxygen atoms in total. The fourth-order valence-electron chi connectivity index (χ4n) is 2.83. The summed E-state index contributed by atoms with van der Waals surface area (Å²) in [4.78, 5) is 22.8. The number of carbonyl (C=O) groups excluding carboxylic acids is 1. The van der Waals surface area contributed by atoms with Gasteiger partial charge in [0, 0.05) is 32.2 Å². The Morgan fingerprint density at radius 2 is 1.86 bits per heavy atom. The summed E-state index contributed by atoms with van der Waals surface area (Å²) in [6.45, 7) is 4.60. The van der Waals surface area contributed by atoms with Crippen LogP contribution in [0.25, 0.3) is 0 Å². The van der Waals surface area contributed by atoms with E-state index in [4.69, 9.17) is 4.74 Å². The number of benzene rings is 1. The lowest BCUT2D eigenvalue weighted by Crippen LogP contribution is -2.28. The number of aromatic nitrogens is 2. The zero-order valence-corrected chi connectivity index (χ0v) is 17.0. The highest BCUT2D eigenvalue weighted by atomic mass is 16.5. The first-order chi connectivity index (χ1) is 14.0. The summed E-state index contributed by atoms with van der Waals surface area (Å²) in [7, 11) is 1.80. The van der Waals surface area contributed by atoms with Crippen molar-refractivity contribution in [3.8, 4) is 5.75 Å². The molecule has 2 heterocycles. The number of amides is 1. The lowest BCUT2D eigenvalue weighted by molar-refractivity contribution is 0.0796. The van der Waals surface area contributed by atoms with Crippen LogP contribution in [0.5, 0.6) is 5.75 Å². The van der Waals surface area contributed by atoms with Gasteiger partial charge >= 0.3 is 0 Å². The van der Waals surface area contributed by atoms with Gasteiger partial charge in [-0.25, -0.2) is 4.98 Å². The van der Waals surface area contributed by atoms with Gasteiger partial charge in [0.05, 0.1) is 17.4 Å². The third-order valence-corrected chi connectivity index (χ3v) is 4.35. The molecule has 1 N–H and O–H groups in total. The molecule has 0 aliphatic heterocycles. The summed E-state index contributed by atoms with van der Waals surface area (Å²) >= 11 is 0. The first-order valence-corrected chi connectivity index (χ1v) is 9.66. The summed E-state index contributed by atoms with van der Waals surface area (Å²) in [6, 6.07) is 15.2. The van der Waals surface area contributed by atoms with Crippen LogP contribution in [-0.4, -0.2) is 40.5 Å². The second-order valence-corrected chi connectivity index (χ2v) is 7.05. The predicted molar refractivity (Wildman–Crippen MR) is 115 cm³/mol. The SMILES string of the molecule is CC(C)Oc1ccccc1Nc1ccc(C(=O)N(C)CCc2ccncc2)cn1. The maximum absolute atomic E-state index is 12.6. The second-order valence-electron chi connectivity index (χ2n) is 7.05. The van der Waals surface area contributed by atoms with Gasteiger partial charge in [0.1, 0.15) is 11.6 Å². The van der Waals surface area contributed by atoms with Gasteiger partial charge in [-0.1, -0.05) is 12.1 Å². The molecule has 0 bridgehead atoms. The molecule has 0 saturated heterocycles. The zero-order chi connectivity index (χ0) is 20.6. The quantitative estimate of drug-likeness (QED) is 0.620. The molecule has 1 aromatic carbocycles. The Morgan fingerprint density at radius 1 is 1.10 bits per heavy atom. The summed E-state index contributed by atoms with van der Waals surface area (Å²) < 4.78 is 5.82. The van der Waals surface area contributed by atoms with E-state index >= 15 is 0 Å². The van der Waals surface area contributed by atoms with E-state index in [2.05, 4.69) is 15.3 Å². The highest BCUT2D eigenvalue weighted by Gasteiger charge is 2.13. The normalized spacial score (nSPS) is 10.6. The Labute approximate surface area is 171 Å². The molecule has 29 heavy (non-hydrogen) atoms. The molecule has 3 rings (SSSR count). The summed E-state index contributed by atoms with van der Waals surface area (Å²) in [5.74, 6) is 1.36. The number of nitrogens with zero attached hydrogens (tertiary/aromatic N) is 3. The predicted octanol–water partition coefficient (Wildman–Crippen LogP) is 4.32. The van der Waals surface area contributed by atoms with Crippen molar-refractivity contribution in [2.24, 2.45) is 0 Å². The standard InChI is InChI=1S/C23H26N4O2/c1-17(2)29-21-7-5-4-6-20(21)26-22-9-8-19(16-25-22)23(28)27(3)15-12-18-10-13-24-14-11-18/h4-11,13-14,16-17H,12,15H2,1-3H3,(H,25,26). The number of rotatable bonds is 8. The monoisotopic (exact) mass is 390 g/mol. The van der Waals surface area contributed by atoms with Crippen LogP contribution in [0, 0.1) is 0 Å². The van der Waals surface area contributed by atoms with Crippen molar-refractivity contribution in [3.63, 3.8) is 0 Å². The number of ether oxygens (including phenoxy) is 1. The Bertz CT molecular complexity index is 927. The number of para-hydroxylation sites is 2. The molecule has 6 heteroatoms. The molecule has 0 atom stereocenters. The van der Waals surface area contributed by atoms with E-state index in [0.29, 0.717) is 17.9 Å². The number of hydrogen-bond donors (Lipinski definition) is 1. The number of likely N-dealkylation sites (N-methyl/N-ethyl adjacent to an activating group) is 1. The molecule has 2 aromatic heterocycles. The van der Waals surface area contributed by atoms with Crippen LogP contribution in [0.15, 0.2) is 67.1 Å². The first kappa shape index (κ1) is 20.3. The van der Waals surface area contributed by atoms with Gasteiger partial charge in [-0.15, -0.1) is 0 Å². The fourth-order valence-corrected chi connectivity index (χ4v) is 2.83. The van der Waals surface area contributed by atoms with E-state index in [1.54, 1.807) is 42.7 Å². The van der Waals surface area contributed by atoms with Crippen molar-refractivity contribution in [1.29, 1.82) is 0 Å². The molecule has 0 aliphatic carbocycles. The largest absolute Gasteiger partial charge is 0.489 e. The summed E-state index contributed by atoms with van der Waals surface area (Å²) in [5, 5.41) is 3.25. The van der Waals surface area contributed by atoms with Crippen LogP contribution in [0.2, 0.25) is 0 Å². The van der Waals surface area contributed by atoms with Crippen LogP contribution in [0.3, 0.4) is 0 Å². The van der Waals surface area contributed by atoms with Crippen molar-refractivity contribution < 1.29 is 9.53 Å². The van der Waals surface area contributed by atoms with E-state index in [-0.39, 0.29) is 12.0 Å². The lowest BCUT2D eigenvalue weighted by Gasteiger charge is -2.17. The van der Waals surface area contributed by atoms with E-state index in [1.165, 1.54) is 0 Å². The van der Waals surface area contributed by atoms with E-state index < -0.39 is 0 Å². The average molecular weight is 390 g/mol. The van der Waals surface area contributed by atoms with Crippen LogP contribution in [0.1, 0.15) is 29.8 Å². The molecule has 150 valence electrons. The minimum absolute atomic E-state index is 0.0540. The van der Waals surface area contributed by atoms with Crippen LogP contribution < -0.4 is 10.1 Å². The second kappa shape index (κ2) is 9.68. The molecule has 0 spiro atoms. The van der Waals surface area contributed by atoms with Crippen molar-refractivity contribution in [2.45, 2.75) is 26.4 Å². The molecule has 0 aliphatic rings. The Morgan fingerprint density at radius 3 is 2.55 bits per heavy atom. The molecule has 0 fully saturated rings. The minimum Gasteiger partial charge on any atom is -0.489 e. The van der Waals surface area contributed by atoms with Gasteiger partial charge in [0.15, 0.2) is 0 Å². The third kappa shape index (κ3) is 5.78. The Hall–Kier alpha value is -3.41. The molecule has 1 amide bonds. The Balaban J connectivity index is 1.62. The lowest BCUT2D eigenvalue weighted by atomic mass is 10.2. The van der Waals surface area contributed by atoms with Gasteiger partial charge in [-0.2, -0.15) is 0 Å². The molecular weight excluding hydrogens is 364 g/mol. The molecule has 0 unspecified atom stereocenters. The fraction of sp³-hybridized carbons (Fsp3) is 0.261. The van der Waals surface area contributed by atoms with E-state index in [1.807, 2.05) is 50.2 Å². The summed E-state index contributed by atoms with van der Waals surface area (Å²) in [5.41, 5.74) is 2.54. The molecule has 0 saturated carbocycles. The molecule has 0 radical (unpaired) electrons. The molecule has 3 aromatic rings. The maximum atomic E-state index is 12.6. The van der Waals surface area contributed by atoms with Crippen molar-refractivity contribution in [3.05, 3.63) is 78.2 Å². The van der Waals surface area contributed by atoms with Gasteiger partial charge in [0.25, 0.3) is 5.91 Å². The number of hydrogen-bond acceptors (Lipinski definition) is 5. The van der Waals surface area contributed by atoms with Gasteiger partial charge in [-0.05, 0) is 62.2 Å². The van der Waals surface area contributed by atoms with Crippen molar-refractivity contribution in [2.75, 3.05) is 18.9 Å². The average Bonchev–Trinajstić information content (AvgIpc) is 2.74. The van der Waals surface area contributed by atoms with Gasteiger partial charge in [0.2, 0.25) is 0 Å². The molecular formula is C23H26N4O2. The zero-order valence-electron chi connectivity index (χ0n) is 17.0. The first-order valence-electron chi connectivity index (χ1n) is 9.66. The van der Waals surface area contributed by atoms with Crippen LogP contribution >= 0.6 is 0 Å². The van der Waals surface area contributed by atoms with Crippen LogP contribution in [-0.2, 0) is 6.42 Å².